The molecule has 0 fully saturated rings. The van der Waals surface area contributed by atoms with Crippen LogP contribution in [0.15, 0.2) is 35.4 Å². The minimum atomic E-state index is -0.316. The van der Waals surface area contributed by atoms with Crippen LogP contribution < -0.4 is 5.69 Å². The smallest absolute Gasteiger partial charge is 0.310 e. The van der Waals surface area contributed by atoms with Gasteiger partial charge in [-0.2, -0.15) is 4.98 Å². The lowest BCUT2D eigenvalue weighted by Gasteiger charge is -2.00. The number of aromatic amines is 1. The molecule has 0 aliphatic rings. The number of rotatable bonds is 1. The van der Waals surface area contributed by atoms with Crippen molar-refractivity contribution in [3.8, 4) is 5.82 Å². The highest BCUT2D eigenvalue weighted by Gasteiger charge is 1.97. The Hall–Kier alpha value is -1.84. The van der Waals surface area contributed by atoms with Gasteiger partial charge in [-0.25, -0.2) is 4.79 Å². The minimum absolute atomic E-state index is 0.316. The van der Waals surface area contributed by atoms with E-state index < -0.39 is 0 Å². The molecule has 0 spiro atoms. The van der Waals surface area contributed by atoms with Gasteiger partial charge >= 0.3 is 5.69 Å². The molecular formula is C9H9N3O. The van der Waals surface area contributed by atoms with E-state index in [0.717, 1.165) is 5.69 Å². The van der Waals surface area contributed by atoms with Crippen molar-refractivity contribution < 1.29 is 0 Å². The van der Waals surface area contributed by atoms with Crippen molar-refractivity contribution in [2.24, 2.45) is 0 Å². The lowest BCUT2D eigenvalue weighted by atomic mass is 10.4. The quantitative estimate of drug-likeness (QED) is 0.699. The SMILES string of the molecule is Cc1cc(-n2cccc2)nc(=O)[nH]1. The Morgan fingerprint density at radius 3 is 2.69 bits per heavy atom. The zero-order chi connectivity index (χ0) is 9.26. The largest absolute Gasteiger partial charge is 0.347 e. The summed E-state index contributed by atoms with van der Waals surface area (Å²) in [6.45, 7) is 1.83. The van der Waals surface area contributed by atoms with Crippen LogP contribution in [0.5, 0.6) is 0 Å². The zero-order valence-electron chi connectivity index (χ0n) is 7.19. The fourth-order valence-electron chi connectivity index (χ4n) is 1.18. The van der Waals surface area contributed by atoms with Crippen molar-refractivity contribution in [2.75, 3.05) is 0 Å². The third-order valence-electron chi connectivity index (χ3n) is 1.73. The number of H-pyrrole nitrogens is 1. The van der Waals surface area contributed by atoms with Crippen LogP contribution in [0.25, 0.3) is 5.82 Å². The van der Waals surface area contributed by atoms with Gasteiger partial charge in [0.1, 0.15) is 5.82 Å². The number of aryl methyl sites for hydroxylation is 1. The van der Waals surface area contributed by atoms with Crippen molar-refractivity contribution in [3.63, 3.8) is 0 Å². The molecule has 0 atom stereocenters. The van der Waals surface area contributed by atoms with E-state index in [0.29, 0.717) is 5.82 Å². The van der Waals surface area contributed by atoms with Crippen LogP contribution in [0.3, 0.4) is 0 Å². The molecule has 0 unspecified atom stereocenters. The van der Waals surface area contributed by atoms with Gasteiger partial charge in [0.2, 0.25) is 0 Å². The van der Waals surface area contributed by atoms with Crippen LogP contribution in [0, 0.1) is 6.92 Å². The van der Waals surface area contributed by atoms with E-state index in [1.165, 1.54) is 0 Å². The Balaban J connectivity index is 2.59. The fourth-order valence-corrected chi connectivity index (χ4v) is 1.18. The molecule has 0 saturated carbocycles. The molecule has 0 bridgehead atoms. The van der Waals surface area contributed by atoms with Gasteiger partial charge < -0.3 is 9.55 Å². The van der Waals surface area contributed by atoms with Gasteiger partial charge in [0.15, 0.2) is 0 Å². The van der Waals surface area contributed by atoms with Gasteiger partial charge in [0.25, 0.3) is 0 Å². The van der Waals surface area contributed by atoms with Crippen molar-refractivity contribution in [1.29, 1.82) is 0 Å². The first-order valence-corrected chi connectivity index (χ1v) is 3.97. The van der Waals surface area contributed by atoms with Gasteiger partial charge in [-0.3, -0.25) is 0 Å². The Morgan fingerprint density at radius 1 is 1.38 bits per heavy atom. The summed E-state index contributed by atoms with van der Waals surface area (Å²) >= 11 is 0. The molecule has 0 aliphatic heterocycles. The molecule has 4 nitrogen and oxygen atoms in total. The maximum atomic E-state index is 11.0. The van der Waals surface area contributed by atoms with E-state index >= 15 is 0 Å². The second-order valence-electron chi connectivity index (χ2n) is 2.82. The molecule has 0 aliphatic carbocycles. The summed E-state index contributed by atoms with van der Waals surface area (Å²) in [6, 6.07) is 5.60. The van der Waals surface area contributed by atoms with Gasteiger partial charge in [0, 0.05) is 24.2 Å². The average Bonchev–Trinajstić information content (AvgIpc) is 2.53. The number of hydrogen-bond donors (Lipinski definition) is 1. The van der Waals surface area contributed by atoms with Crippen molar-refractivity contribution >= 4 is 0 Å². The molecule has 2 aromatic rings. The van der Waals surface area contributed by atoms with Crippen LogP contribution in [0.1, 0.15) is 5.69 Å². The molecule has 66 valence electrons. The fraction of sp³-hybridized carbons (Fsp3) is 0.111. The zero-order valence-corrected chi connectivity index (χ0v) is 7.19. The van der Waals surface area contributed by atoms with E-state index in [1.807, 2.05) is 37.5 Å². The van der Waals surface area contributed by atoms with Crippen LogP contribution in [-0.4, -0.2) is 14.5 Å². The summed E-state index contributed by atoms with van der Waals surface area (Å²) in [6.07, 6.45) is 3.70. The van der Waals surface area contributed by atoms with Gasteiger partial charge in [-0.15, -0.1) is 0 Å². The Kier molecular flexibility index (Phi) is 1.73. The molecule has 2 heterocycles. The maximum absolute atomic E-state index is 11.0. The summed E-state index contributed by atoms with van der Waals surface area (Å²) in [7, 11) is 0. The number of hydrogen-bond acceptors (Lipinski definition) is 2. The number of nitrogens with one attached hydrogen (secondary N) is 1. The highest BCUT2D eigenvalue weighted by Crippen LogP contribution is 2.02. The Bertz CT molecular complexity index is 456. The van der Waals surface area contributed by atoms with Crippen molar-refractivity contribution in [3.05, 3.63) is 46.8 Å². The van der Waals surface area contributed by atoms with Crippen LogP contribution in [0.2, 0.25) is 0 Å². The van der Waals surface area contributed by atoms with E-state index in [2.05, 4.69) is 9.97 Å². The third kappa shape index (κ3) is 1.51. The lowest BCUT2D eigenvalue weighted by molar-refractivity contribution is 0.931. The summed E-state index contributed by atoms with van der Waals surface area (Å²) in [5.41, 5.74) is 0.493. The Morgan fingerprint density at radius 2 is 2.08 bits per heavy atom. The lowest BCUT2D eigenvalue weighted by Crippen LogP contribution is -2.14. The van der Waals surface area contributed by atoms with Crippen molar-refractivity contribution in [2.45, 2.75) is 6.92 Å². The van der Waals surface area contributed by atoms with E-state index in [-0.39, 0.29) is 5.69 Å². The van der Waals surface area contributed by atoms with Crippen LogP contribution in [0.4, 0.5) is 0 Å². The van der Waals surface area contributed by atoms with E-state index in [9.17, 15) is 4.79 Å². The van der Waals surface area contributed by atoms with Gasteiger partial charge in [-0.1, -0.05) is 0 Å². The van der Waals surface area contributed by atoms with E-state index in [1.54, 1.807) is 4.57 Å². The maximum Gasteiger partial charge on any atom is 0.347 e. The van der Waals surface area contributed by atoms with Gasteiger partial charge in [-0.05, 0) is 19.1 Å². The summed E-state index contributed by atoms with van der Waals surface area (Å²) in [4.78, 5) is 17.4. The van der Waals surface area contributed by atoms with Crippen LogP contribution >= 0.6 is 0 Å². The third-order valence-corrected chi connectivity index (χ3v) is 1.73. The second kappa shape index (κ2) is 2.90. The first-order chi connectivity index (χ1) is 6.25. The molecule has 0 saturated heterocycles. The average molecular weight is 175 g/mol. The summed E-state index contributed by atoms with van der Waals surface area (Å²) < 4.78 is 1.79. The standard InChI is InChI=1S/C9H9N3O/c1-7-6-8(11-9(13)10-7)12-4-2-3-5-12/h2-6H,1H3,(H,10,11,13). The summed E-state index contributed by atoms with van der Waals surface area (Å²) in [5, 5.41) is 0. The molecule has 0 aromatic carbocycles. The summed E-state index contributed by atoms with van der Waals surface area (Å²) in [5.74, 6) is 0.645. The highest BCUT2D eigenvalue weighted by molar-refractivity contribution is 5.23. The monoisotopic (exact) mass is 175 g/mol. The van der Waals surface area contributed by atoms with Crippen LogP contribution in [-0.2, 0) is 0 Å². The molecule has 2 rings (SSSR count). The highest BCUT2D eigenvalue weighted by atomic mass is 16.1. The first-order valence-electron chi connectivity index (χ1n) is 3.97. The number of aromatic nitrogens is 3. The molecule has 1 N–H and O–H groups in total. The number of nitrogens with zero attached hydrogens (tertiary/aromatic N) is 2. The van der Waals surface area contributed by atoms with Gasteiger partial charge in [0.05, 0.1) is 0 Å². The molecule has 13 heavy (non-hydrogen) atoms. The van der Waals surface area contributed by atoms with E-state index in [4.69, 9.17) is 0 Å². The molecule has 0 amide bonds. The second-order valence-corrected chi connectivity index (χ2v) is 2.82. The molecule has 4 heteroatoms. The molecule has 2 aromatic heterocycles. The Labute approximate surface area is 74.9 Å². The molecule has 0 radical (unpaired) electrons. The molecular weight excluding hydrogens is 166 g/mol. The predicted molar refractivity (Wildman–Crippen MR) is 48.9 cm³/mol. The topological polar surface area (TPSA) is 50.7 Å². The first kappa shape index (κ1) is 7.79. The normalized spacial score (nSPS) is 10.2. The predicted octanol–water partition coefficient (Wildman–Crippen LogP) is 0.869. The van der Waals surface area contributed by atoms with Crippen molar-refractivity contribution in [1.82, 2.24) is 14.5 Å². The minimum Gasteiger partial charge on any atom is -0.310 e.